The highest BCUT2D eigenvalue weighted by Gasteiger charge is 2.26. The van der Waals surface area contributed by atoms with Crippen LogP contribution in [0.25, 0.3) is 0 Å². The number of hydrogen-bond acceptors (Lipinski definition) is 4. The van der Waals surface area contributed by atoms with Gasteiger partial charge in [0.15, 0.2) is 0 Å². The lowest BCUT2D eigenvalue weighted by molar-refractivity contribution is 0.126. The summed E-state index contributed by atoms with van der Waals surface area (Å²) in [5.41, 5.74) is 5.52. The fraction of sp³-hybridized carbons (Fsp3) is 0.938. The lowest BCUT2D eigenvalue weighted by Gasteiger charge is -2.35. The average molecular weight is 296 g/mol. The maximum atomic E-state index is 8.77. The molecule has 5 nitrogen and oxygen atoms in total. The van der Waals surface area contributed by atoms with Gasteiger partial charge in [-0.05, 0) is 38.1 Å². The molecule has 0 aromatic heterocycles. The van der Waals surface area contributed by atoms with Crippen molar-refractivity contribution in [3.8, 4) is 0 Å². The first kappa shape index (κ1) is 16.6. The molecule has 3 N–H and O–H groups in total. The highest BCUT2D eigenvalue weighted by Crippen LogP contribution is 2.30. The summed E-state index contributed by atoms with van der Waals surface area (Å²) in [6, 6.07) is 0. The normalized spacial score (nSPS) is 22.7. The molecular formula is C16H32N4O. The molecule has 2 aliphatic rings. The fourth-order valence-electron chi connectivity index (χ4n) is 3.03. The molecule has 0 unspecified atom stereocenters. The second kappa shape index (κ2) is 7.45. The molecule has 0 radical (unpaired) electrons. The lowest BCUT2D eigenvalue weighted by atomic mass is 9.86. The van der Waals surface area contributed by atoms with E-state index in [0.717, 1.165) is 18.8 Å². The third-order valence-corrected chi connectivity index (χ3v) is 5.01. The van der Waals surface area contributed by atoms with Gasteiger partial charge in [0.1, 0.15) is 5.84 Å². The Bertz CT molecular complexity index is 344. The van der Waals surface area contributed by atoms with Crippen LogP contribution in [-0.2, 0) is 0 Å². The number of amidine groups is 1. The second-order valence-electron chi connectivity index (χ2n) is 7.41. The van der Waals surface area contributed by atoms with Gasteiger partial charge >= 0.3 is 0 Å². The van der Waals surface area contributed by atoms with Crippen molar-refractivity contribution in [3.05, 3.63) is 0 Å². The molecule has 0 bridgehead atoms. The highest BCUT2D eigenvalue weighted by atomic mass is 16.4. The van der Waals surface area contributed by atoms with E-state index in [1.165, 1.54) is 58.5 Å². The van der Waals surface area contributed by atoms with Crippen molar-refractivity contribution in [2.45, 2.75) is 46.0 Å². The number of rotatable bonds is 8. The Balaban J connectivity index is 1.55. The van der Waals surface area contributed by atoms with Crippen LogP contribution < -0.4 is 5.73 Å². The first-order valence-electron chi connectivity index (χ1n) is 8.44. The Morgan fingerprint density at radius 3 is 2.33 bits per heavy atom. The van der Waals surface area contributed by atoms with Crippen molar-refractivity contribution in [2.75, 3.05) is 39.3 Å². The molecule has 2 rings (SSSR count). The van der Waals surface area contributed by atoms with Crippen molar-refractivity contribution in [1.82, 2.24) is 9.80 Å². The molecule has 122 valence electrons. The monoisotopic (exact) mass is 296 g/mol. The zero-order valence-electron chi connectivity index (χ0n) is 13.7. The van der Waals surface area contributed by atoms with Gasteiger partial charge in [-0.3, -0.25) is 0 Å². The van der Waals surface area contributed by atoms with Crippen molar-refractivity contribution >= 4 is 5.84 Å². The van der Waals surface area contributed by atoms with Crippen LogP contribution in [0.2, 0.25) is 0 Å². The predicted octanol–water partition coefficient (Wildman–Crippen LogP) is 1.96. The Hall–Kier alpha value is -0.810. The molecule has 0 aromatic carbocycles. The maximum Gasteiger partial charge on any atom is 0.144 e. The van der Waals surface area contributed by atoms with Gasteiger partial charge in [0, 0.05) is 38.1 Å². The van der Waals surface area contributed by atoms with Crippen molar-refractivity contribution < 1.29 is 5.21 Å². The Labute approximate surface area is 129 Å². The minimum Gasteiger partial charge on any atom is -0.409 e. The molecule has 2 fully saturated rings. The number of hydrogen-bond donors (Lipinski definition) is 2. The van der Waals surface area contributed by atoms with Gasteiger partial charge in [0.05, 0.1) is 0 Å². The summed E-state index contributed by atoms with van der Waals surface area (Å²) in [6.07, 6.45) is 6.22. The van der Waals surface area contributed by atoms with Crippen LogP contribution in [0.5, 0.6) is 0 Å². The van der Waals surface area contributed by atoms with E-state index in [9.17, 15) is 0 Å². The van der Waals surface area contributed by atoms with Crippen molar-refractivity contribution in [2.24, 2.45) is 22.2 Å². The SMILES string of the molecule is CC(C)(CCCCN1CCN(CC2CC2)CC1)C(N)=NO. The zero-order chi connectivity index (χ0) is 15.3. The van der Waals surface area contributed by atoms with E-state index >= 15 is 0 Å². The summed E-state index contributed by atoms with van der Waals surface area (Å²) in [6.45, 7) is 11.5. The minimum atomic E-state index is -0.197. The van der Waals surface area contributed by atoms with Crippen LogP contribution in [0, 0.1) is 11.3 Å². The summed E-state index contributed by atoms with van der Waals surface area (Å²) in [5.74, 6) is 1.36. The van der Waals surface area contributed by atoms with Crippen LogP contribution in [0.3, 0.4) is 0 Å². The molecule has 1 heterocycles. The first-order chi connectivity index (χ1) is 10.0. The van der Waals surface area contributed by atoms with E-state index in [-0.39, 0.29) is 5.41 Å². The van der Waals surface area contributed by atoms with Gasteiger partial charge in [-0.25, -0.2) is 0 Å². The van der Waals surface area contributed by atoms with Crippen LogP contribution in [-0.4, -0.2) is 60.1 Å². The topological polar surface area (TPSA) is 65.1 Å². The smallest absolute Gasteiger partial charge is 0.144 e. The van der Waals surface area contributed by atoms with E-state index in [2.05, 4.69) is 15.0 Å². The van der Waals surface area contributed by atoms with Gasteiger partial charge in [0.25, 0.3) is 0 Å². The molecule has 1 saturated heterocycles. The quantitative estimate of drug-likeness (QED) is 0.236. The van der Waals surface area contributed by atoms with Gasteiger partial charge in [0.2, 0.25) is 0 Å². The second-order valence-corrected chi connectivity index (χ2v) is 7.41. The molecule has 1 saturated carbocycles. The molecule has 0 atom stereocenters. The van der Waals surface area contributed by atoms with Crippen LogP contribution in [0.4, 0.5) is 0 Å². The number of oxime groups is 1. The van der Waals surface area contributed by atoms with Crippen molar-refractivity contribution in [1.29, 1.82) is 0 Å². The van der Waals surface area contributed by atoms with E-state index in [1.807, 2.05) is 13.8 Å². The maximum absolute atomic E-state index is 8.77. The van der Waals surface area contributed by atoms with Crippen LogP contribution in [0.15, 0.2) is 5.16 Å². The third-order valence-electron chi connectivity index (χ3n) is 5.01. The third kappa shape index (κ3) is 5.47. The van der Waals surface area contributed by atoms with E-state index < -0.39 is 0 Å². The summed E-state index contributed by atoms with van der Waals surface area (Å²) >= 11 is 0. The summed E-state index contributed by atoms with van der Waals surface area (Å²) < 4.78 is 0. The molecular weight excluding hydrogens is 264 g/mol. The van der Waals surface area contributed by atoms with Gasteiger partial charge in [-0.15, -0.1) is 0 Å². The Kier molecular flexibility index (Phi) is 5.88. The number of unbranched alkanes of at least 4 members (excludes halogenated alkanes) is 1. The largest absolute Gasteiger partial charge is 0.409 e. The van der Waals surface area contributed by atoms with Gasteiger partial charge in [-0.2, -0.15) is 0 Å². The van der Waals surface area contributed by atoms with Crippen LogP contribution in [0.1, 0.15) is 46.0 Å². The van der Waals surface area contributed by atoms with Gasteiger partial charge < -0.3 is 20.7 Å². The standard InChI is InChI=1S/C16H32N4O/c1-16(2,15(17)18-21)7-3-4-8-19-9-11-20(12-10-19)13-14-5-6-14/h14,21H,3-13H2,1-2H3,(H2,17,18). The zero-order valence-corrected chi connectivity index (χ0v) is 13.7. The summed E-state index contributed by atoms with van der Waals surface area (Å²) in [5, 5.41) is 11.9. The molecule has 1 aliphatic carbocycles. The van der Waals surface area contributed by atoms with E-state index in [0.29, 0.717) is 5.84 Å². The van der Waals surface area contributed by atoms with Crippen molar-refractivity contribution in [3.63, 3.8) is 0 Å². The number of nitrogens with two attached hydrogens (primary N) is 1. The fourth-order valence-corrected chi connectivity index (χ4v) is 3.03. The molecule has 1 aliphatic heterocycles. The van der Waals surface area contributed by atoms with E-state index in [4.69, 9.17) is 10.9 Å². The molecule has 0 amide bonds. The summed E-state index contributed by atoms with van der Waals surface area (Å²) in [7, 11) is 0. The Morgan fingerprint density at radius 1 is 1.14 bits per heavy atom. The lowest BCUT2D eigenvalue weighted by Crippen LogP contribution is -2.47. The molecule has 0 spiro atoms. The minimum absolute atomic E-state index is 0.197. The Morgan fingerprint density at radius 2 is 1.76 bits per heavy atom. The molecule has 21 heavy (non-hydrogen) atoms. The number of piperazine rings is 1. The first-order valence-corrected chi connectivity index (χ1v) is 8.44. The van der Waals surface area contributed by atoms with Gasteiger partial charge in [-0.1, -0.05) is 25.4 Å². The van der Waals surface area contributed by atoms with E-state index in [1.54, 1.807) is 0 Å². The molecule has 5 heteroatoms. The highest BCUT2D eigenvalue weighted by molar-refractivity contribution is 5.85. The number of nitrogens with zero attached hydrogens (tertiary/aromatic N) is 3. The average Bonchev–Trinajstić information content (AvgIpc) is 3.28. The van der Waals surface area contributed by atoms with Crippen LogP contribution >= 0.6 is 0 Å². The summed E-state index contributed by atoms with van der Waals surface area (Å²) in [4.78, 5) is 5.22. The molecule has 0 aromatic rings. The predicted molar refractivity (Wildman–Crippen MR) is 86.6 cm³/mol.